The molecule has 1 N–H and O–H groups in total. The van der Waals surface area contributed by atoms with E-state index in [1.165, 1.54) is 16.9 Å². The number of carbonyl (C=O) groups is 1. The minimum atomic E-state index is -0.627. The number of aromatic nitrogens is 1. The van der Waals surface area contributed by atoms with Crippen LogP contribution in [0.1, 0.15) is 18.1 Å². The van der Waals surface area contributed by atoms with E-state index in [9.17, 15) is 4.79 Å². The van der Waals surface area contributed by atoms with Crippen molar-refractivity contribution in [1.29, 1.82) is 0 Å². The second kappa shape index (κ2) is 8.01. The van der Waals surface area contributed by atoms with E-state index < -0.39 is 6.10 Å². The Hall–Kier alpha value is -2.18. The second-order valence-electron chi connectivity index (χ2n) is 6.06. The number of benzene rings is 2. The van der Waals surface area contributed by atoms with Gasteiger partial charge in [0, 0.05) is 15.4 Å². The molecule has 0 aliphatic heterocycles. The highest BCUT2D eigenvalue weighted by Gasteiger charge is 2.17. The van der Waals surface area contributed by atoms with Crippen LogP contribution in [0.25, 0.3) is 11.3 Å². The largest absolute Gasteiger partial charge is 0.481 e. The zero-order valence-corrected chi connectivity index (χ0v) is 17.1. The van der Waals surface area contributed by atoms with Gasteiger partial charge < -0.3 is 4.74 Å². The van der Waals surface area contributed by atoms with Crippen LogP contribution < -0.4 is 10.1 Å². The summed E-state index contributed by atoms with van der Waals surface area (Å²) < 4.78 is 6.59. The predicted molar refractivity (Wildman–Crippen MR) is 110 cm³/mol. The standard InChI is InChI=1S/C20H19BrN2O2S/c1-12-7-8-13(2)17(9-12)18-11-26-20(22-18)23-19(24)14(3)25-16-6-4-5-15(21)10-16/h4-11,14H,1-3H3,(H,22,23,24). The molecule has 4 nitrogen and oxygen atoms in total. The molecule has 134 valence electrons. The molecule has 1 amide bonds. The van der Waals surface area contributed by atoms with E-state index in [0.717, 1.165) is 21.3 Å². The minimum Gasteiger partial charge on any atom is -0.481 e. The summed E-state index contributed by atoms with van der Waals surface area (Å²) in [5.74, 6) is 0.407. The number of aryl methyl sites for hydroxylation is 2. The average molecular weight is 431 g/mol. The third kappa shape index (κ3) is 4.51. The van der Waals surface area contributed by atoms with E-state index in [4.69, 9.17) is 4.74 Å². The third-order valence-corrected chi connectivity index (χ3v) is 5.13. The van der Waals surface area contributed by atoms with Gasteiger partial charge in [-0.25, -0.2) is 4.98 Å². The summed E-state index contributed by atoms with van der Waals surface area (Å²) in [6, 6.07) is 13.7. The summed E-state index contributed by atoms with van der Waals surface area (Å²) in [5.41, 5.74) is 4.29. The quantitative estimate of drug-likeness (QED) is 0.573. The third-order valence-electron chi connectivity index (χ3n) is 3.88. The SMILES string of the molecule is Cc1ccc(C)c(-c2csc(NC(=O)C(C)Oc3cccc(Br)c3)n2)c1. The van der Waals surface area contributed by atoms with Gasteiger partial charge in [0.2, 0.25) is 0 Å². The number of amides is 1. The molecule has 3 rings (SSSR count). The lowest BCUT2D eigenvalue weighted by Crippen LogP contribution is -2.30. The van der Waals surface area contributed by atoms with Gasteiger partial charge in [-0.05, 0) is 50.6 Å². The smallest absolute Gasteiger partial charge is 0.266 e. The molecule has 1 heterocycles. The average Bonchev–Trinajstić information content (AvgIpc) is 3.05. The van der Waals surface area contributed by atoms with Crippen LogP contribution in [0.15, 0.2) is 52.3 Å². The molecule has 0 spiro atoms. The first kappa shape index (κ1) is 18.6. The molecule has 3 aromatic rings. The Bertz CT molecular complexity index is 939. The van der Waals surface area contributed by atoms with Crippen LogP contribution in [0.5, 0.6) is 5.75 Å². The Labute approximate surface area is 165 Å². The van der Waals surface area contributed by atoms with E-state index >= 15 is 0 Å². The van der Waals surface area contributed by atoms with Gasteiger partial charge in [-0.2, -0.15) is 0 Å². The van der Waals surface area contributed by atoms with Crippen molar-refractivity contribution in [2.75, 3.05) is 5.32 Å². The molecule has 0 fully saturated rings. The lowest BCUT2D eigenvalue weighted by Gasteiger charge is -2.13. The Morgan fingerprint density at radius 1 is 1.23 bits per heavy atom. The van der Waals surface area contributed by atoms with Crippen LogP contribution in [-0.4, -0.2) is 17.0 Å². The topological polar surface area (TPSA) is 51.2 Å². The van der Waals surface area contributed by atoms with Crippen LogP contribution >= 0.6 is 27.3 Å². The highest BCUT2D eigenvalue weighted by atomic mass is 79.9. The molecule has 1 aromatic heterocycles. The first-order valence-electron chi connectivity index (χ1n) is 8.18. The van der Waals surface area contributed by atoms with E-state index in [1.54, 1.807) is 6.92 Å². The molecular formula is C20H19BrN2O2S. The summed E-state index contributed by atoms with van der Waals surface area (Å²) in [5, 5.41) is 5.35. The molecule has 1 unspecified atom stereocenters. The van der Waals surface area contributed by atoms with Gasteiger partial charge in [0.15, 0.2) is 11.2 Å². The molecule has 0 aliphatic rings. The number of halogens is 1. The maximum Gasteiger partial charge on any atom is 0.266 e. The fourth-order valence-electron chi connectivity index (χ4n) is 2.47. The molecule has 0 saturated carbocycles. The molecule has 0 saturated heterocycles. The van der Waals surface area contributed by atoms with Crippen molar-refractivity contribution in [3.63, 3.8) is 0 Å². The number of rotatable bonds is 5. The molecule has 26 heavy (non-hydrogen) atoms. The fourth-order valence-corrected chi connectivity index (χ4v) is 3.56. The molecule has 0 bridgehead atoms. The van der Waals surface area contributed by atoms with Crippen LogP contribution in [0, 0.1) is 13.8 Å². The van der Waals surface area contributed by atoms with E-state index in [1.807, 2.05) is 29.6 Å². The van der Waals surface area contributed by atoms with E-state index in [0.29, 0.717) is 10.9 Å². The van der Waals surface area contributed by atoms with Gasteiger partial charge in [0.25, 0.3) is 5.91 Å². The Kier molecular flexibility index (Phi) is 5.74. The lowest BCUT2D eigenvalue weighted by atomic mass is 10.0. The number of carbonyl (C=O) groups excluding carboxylic acids is 1. The predicted octanol–water partition coefficient (Wildman–Crippen LogP) is 5.60. The number of ether oxygens (including phenoxy) is 1. The number of anilines is 1. The summed E-state index contributed by atoms with van der Waals surface area (Å²) in [7, 11) is 0. The molecule has 2 aromatic carbocycles. The van der Waals surface area contributed by atoms with Crippen LogP contribution in [0.4, 0.5) is 5.13 Å². The first-order chi connectivity index (χ1) is 12.4. The zero-order valence-electron chi connectivity index (χ0n) is 14.7. The highest BCUT2D eigenvalue weighted by molar-refractivity contribution is 9.10. The van der Waals surface area contributed by atoms with Crippen molar-refractivity contribution in [2.45, 2.75) is 26.9 Å². The highest BCUT2D eigenvalue weighted by Crippen LogP contribution is 2.28. The number of hydrogen-bond acceptors (Lipinski definition) is 4. The normalized spacial score (nSPS) is 11.8. The number of hydrogen-bond donors (Lipinski definition) is 1. The maximum absolute atomic E-state index is 12.4. The zero-order chi connectivity index (χ0) is 18.7. The first-order valence-corrected chi connectivity index (χ1v) is 9.86. The molecular weight excluding hydrogens is 412 g/mol. The molecule has 1 atom stereocenters. The number of nitrogens with zero attached hydrogens (tertiary/aromatic N) is 1. The molecule has 0 aliphatic carbocycles. The van der Waals surface area contributed by atoms with Gasteiger partial charge in [-0.15, -0.1) is 11.3 Å². The number of nitrogens with one attached hydrogen (secondary N) is 1. The maximum atomic E-state index is 12.4. The van der Waals surface area contributed by atoms with Crippen molar-refractivity contribution in [2.24, 2.45) is 0 Å². The van der Waals surface area contributed by atoms with Gasteiger partial charge in [-0.1, -0.05) is 39.7 Å². The second-order valence-corrected chi connectivity index (χ2v) is 7.84. The van der Waals surface area contributed by atoms with Gasteiger partial charge in [0.05, 0.1) is 5.69 Å². The van der Waals surface area contributed by atoms with E-state index in [-0.39, 0.29) is 5.91 Å². The Balaban J connectivity index is 1.68. The summed E-state index contributed by atoms with van der Waals surface area (Å²) >= 11 is 4.80. The molecule has 0 radical (unpaired) electrons. The van der Waals surface area contributed by atoms with Crippen molar-refractivity contribution < 1.29 is 9.53 Å². The van der Waals surface area contributed by atoms with Crippen molar-refractivity contribution in [3.8, 4) is 17.0 Å². The van der Waals surface area contributed by atoms with Crippen LogP contribution in [-0.2, 0) is 4.79 Å². The Morgan fingerprint density at radius 2 is 2.04 bits per heavy atom. The van der Waals surface area contributed by atoms with E-state index in [2.05, 4.69) is 58.3 Å². The monoisotopic (exact) mass is 430 g/mol. The number of thiazole rings is 1. The molecule has 6 heteroatoms. The van der Waals surface area contributed by atoms with Crippen molar-refractivity contribution in [1.82, 2.24) is 4.98 Å². The van der Waals surface area contributed by atoms with Crippen LogP contribution in [0.3, 0.4) is 0 Å². The lowest BCUT2D eigenvalue weighted by molar-refractivity contribution is -0.122. The summed E-state index contributed by atoms with van der Waals surface area (Å²) in [6.07, 6.45) is -0.627. The summed E-state index contributed by atoms with van der Waals surface area (Å²) in [6.45, 7) is 5.83. The van der Waals surface area contributed by atoms with Gasteiger partial charge in [-0.3, -0.25) is 10.1 Å². The van der Waals surface area contributed by atoms with Crippen LogP contribution in [0.2, 0.25) is 0 Å². The minimum absolute atomic E-state index is 0.230. The van der Waals surface area contributed by atoms with Gasteiger partial charge >= 0.3 is 0 Å². The van der Waals surface area contributed by atoms with Crippen molar-refractivity contribution in [3.05, 3.63) is 63.4 Å². The van der Waals surface area contributed by atoms with Gasteiger partial charge in [0.1, 0.15) is 5.75 Å². The van der Waals surface area contributed by atoms with Crippen molar-refractivity contribution >= 4 is 38.3 Å². The fraction of sp³-hybridized carbons (Fsp3) is 0.200. The summed E-state index contributed by atoms with van der Waals surface area (Å²) in [4.78, 5) is 16.9. The Morgan fingerprint density at radius 3 is 2.81 bits per heavy atom.